The van der Waals surface area contributed by atoms with Crippen LogP contribution in [0.2, 0.25) is 0 Å². The number of hydrogen-bond acceptors (Lipinski definition) is 2. The molecule has 110 valence electrons. The smallest absolute Gasteiger partial charge is 0.0393 e. The SMILES string of the molecule is NC(CSc1ccccc1Br)c1ccccc1C1CCC1. The Balaban J connectivity index is 1.71. The van der Waals surface area contributed by atoms with Crippen molar-refractivity contribution in [3.63, 3.8) is 0 Å². The highest BCUT2D eigenvalue weighted by molar-refractivity contribution is 9.10. The molecule has 1 atom stereocenters. The molecular formula is C18H20BrNS. The highest BCUT2D eigenvalue weighted by Crippen LogP contribution is 2.40. The first-order chi connectivity index (χ1) is 10.3. The molecule has 1 unspecified atom stereocenters. The first-order valence-corrected chi connectivity index (χ1v) is 9.25. The van der Waals surface area contributed by atoms with E-state index in [0.717, 1.165) is 16.1 Å². The van der Waals surface area contributed by atoms with Crippen molar-refractivity contribution in [1.29, 1.82) is 0 Å². The largest absolute Gasteiger partial charge is 0.323 e. The van der Waals surface area contributed by atoms with E-state index in [1.807, 2.05) is 17.8 Å². The maximum Gasteiger partial charge on any atom is 0.0393 e. The minimum Gasteiger partial charge on any atom is -0.323 e. The molecule has 2 aromatic rings. The predicted molar refractivity (Wildman–Crippen MR) is 94.8 cm³/mol. The zero-order valence-electron chi connectivity index (χ0n) is 12.0. The van der Waals surface area contributed by atoms with Crippen molar-refractivity contribution in [3.05, 3.63) is 64.1 Å². The summed E-state index contributed by atoms with van der Waals surface area (Å²) in [7, 11) is 0. The molecule has 1 aliphatic rings. The summed E-state index contributed by atoms with van der Waals surface area (Å²) in [5.41, 5.74) is 9.29. The molecule has 0 bridgehead atoms. The van der Waals surface area contributed by atoms with Crippen LogP contribution in [0.4, 0.5) is 0 Å². The number of rotatable bonds is 5. The monoisotopic (exact) mass is 361 g/mol. The van der Waals surface area contributed by atoms with E-state index in [-0.39, 0.29) is 6.04 Å². The normalized spacial score (nSPS) is 16.5. The van der Waals surface area contributed by atoms with Gasteiger partial charge in [-0.05, 0) is 57.9 Å². The zero-order chi connectivity index (χ0) is 14.7. The molecule has 21 heavy (non-hydrogen) atoms. The van der Waals surface area contributed by atoms with Crippen molar-refractivity contribution in [3.8, 4) is 0 Å². The van der Waals surface area contributed by atoms with Crippen molar-refractivity contribution in [2.24, 2.45) is 5.73 Å². The van der Waals surface area contributed by atoms with Crippen LogP contribution in [0.25, 0.3) is 0 Å². The quantitative estimate of drug-likeness (QED) is 0.710. The lowest BCUT2D eigenvalue weighted by atomic mass is 9.77. The Hall–Kier alpha value is -0.770. The molecule has 1 nitrogen and oxygen atoms in total. The number of halogens is 1. The molecule has 0 aliphatic heterocycles. The van der Waals surface area contributed by atoms with Crippen LogP contribution < -0.4 is 5.73 Å². The standard InChI is InChI=1S/C18H20BrNS/c19-16-10-3-4-11-18(16)21-12-17(20)15-9-2-1-8-14(15)13-6-5-7-13/h1-4,8-11,13,17H,5-7,12,20H2. The summed E-state index contributed by atoms with van der Waals surface area (Å²) in [5.74, 6) is 1.65. The molecule has 0 spiro atoms. The Bertz CT molecular complexity index is 610. The van der Waals surface area contributed by atoms with E-state index in [0.29, 0.717) is 0 Å². The van der Waals surface area contributed by atoms with Gasteiger partial charge in [0.25, 0.3) is 0 Å². The number of hydrogen-bond donors (Lipinski definition) is 1. The molecule has 1 fully saturated rings. The second kappa shape index (κ2) is 6.99. The van der Waals surface area contributed by atoms with Gasteiger partial charge in [0.1, 0.15) is 0 Å². The molecule has 0 amide bonds. The molecule has 2 N–H and O–H groups in total. The van der Waals surface area contributed by atoms with E-state index in [9.17, 15) is 0 Å². The molecule has 0 radical (unpaired) electrons. The van der Waals surface area contributed by atoms with E-state index in [4.69, 9.17) is 5.73 Å². The lowest BCUT2D eigenvalue weighted by molar-refractivity contribution is 0.416. The number of benzene rings is 2. The summed E-state index contributed by atoms with van der Waals surface area (Å²) in [6.45, 7) is 0. The van der Waals surface area contributed by atoms with Crippen LogP contribution in [-0.2, 0) is 0 Å². The summed E-state index contributed by atoms with van der Waals surface area (Å²) < 4.78 is 1.15. The van der Waals surface area contributed by atoms with E-state index >= 15 is 0 Å². The molecule has 0 saturated heterocycles. The van der Waals surface area contributed by atoms with Gasteiger partial charge in [0, 0.05) is 21.2 Å². The van der Waals surface area contributed by atoms with Crippen LogP contribution in [-0.4, -0.2) is 5.75 Å². The lowest BCUT2D eigenvalue weighted by Gasteiger charge is -2.29. The molecule has 3 rings (SSSR count). The average Bonchev–Trinajstić information content (AvgIpc) is 2.45. The minimum absolute atomic E-state index is 0.0962. The Morgan fingerprint density at radius 3 is 2.52 bits per heavy atom. The Labute approximate surface area is 139 Å². The third-order valence-electron chi connectivity index (χ3n) is 4.20. The molecule has 1 aliphatic carbocycles. The van der Waals surface area contributed by atoms with Crippen LogP contribution in [0.15, 0.2) is 57.9 Å². The predicted octanol–water partition coefficient (Wildman–Crippen LogP) is 5.51. The fraction of sp³-hybridized carbons (Fsp3) is 0.333. The molecule has 2 aromatic carbocycles. The van der Waals surface area contributed by atoms with Gasteiger partial charge in [-0.15, -0.1) is 11.8 Å². The van der Waals surface area contributed by atoms with Crippen molar-refractivity contribution in [2.75, 3.05) is 5.75 Å². The van der Waals surface area contributed by atoms with Crippen LogP contribution >= 0.6 is 27.7 Å². The van der Waals surface area contributed by atoms with Crippen molar-refractivity contribution in [2.45, 2.75) is 36.1 Å². The fourth-order valence-electron chi connectivity index (χ4n) is 2.77. The average molecular weight is 362 g/mol. The second-order valence-electron chi connectivity index (χ2n) is 5.60. The summed E-state index contributed by atoms with van der Waals surface area (Å²) in [6.07, 6.45) is 4.00. The summed E-state index contributed by atoms with van der Waals surface area (Å²) in [6, 6.07) is 17.2. The number of thioether (sulfide) groups is 1. The van der Waals surface area contributed by atoms with Gasteiger partial charge in [-0.25, -0.2) is 0 Å². The van der Waals surface area contributed by atoms with Crippen molar-refractivity contribution < 1.29 is 0 Å². The van der Waals surface area contributed by atoms with Gasteiger partial charge in [-0.2, -0.15) is 0 Å². The Morgan fingerprint density at radius 2 is 1.81 bits per heavy atom. The Morgan fingerprint density at radius 1 is 1.10 bits per heavy atom. The van der Waals surface area contributed by atoms with Gasteiger partial charge in [0.05, 0.1) is 0 Å². The Kier molecular flexibility index (Phi) is 5.04. The van der Waals surface area contributed by atoms with Crippen molar-refractivity contribution >= 4 is 27.7 Å². The third kappa shape index (κ3) is 3.53. The van der Waals surface area contributed by atoms with Crippen LogP contribution in [0.5, 0.6) is 0 Å². The van der Waals surface area contributed by atoms with E-state index in [2.05, 4.69) is 58.4 Å². The van der Waals surface area contributed by atoms with Gasteiger partial charge in [-0.3, -0.25) is 0 Å². The topological polar surface area (TPSA) is 26.0 Å². The van der Waals surface area contributed by atoms with Crippen LogP contribution in [0, 0.1) is 0 Å². The third-order valence-corrected chi connectivity index (χ3v) is 6.34. The summed E-state index contributed by atoms with van der Waals surface area (Å²) in [4.78, 5) is 1.26. The van der Waals surface area contributed by atoms with Gasteiger partial charge >= 0.3 is 0 Å². The zero-order valence-corrected chi connectivity index (χ0v) is 14.4. The van der Waals surface area contributed by atoms with Crippen LogP contribution in [0.1, 0.15) is 42.3 Å². The van der Waals surface area contributed by atoms with Gasteiger partial charge in [0.2, 0.25) is 0 Å². The minimum atomic E-state index is 0.0962. The first-order valence-electron chi connectivity index (χ1n) is 7.47. The second-order valence-corrected chi connectivity index (χ2v) is 7.52. The maximum absolute atomic E-state index is 6.47. The van der Waals surface area contributed by atoms with Gasteiger partial charge in [0.15, 0.2) is 0 Å². The molecular weight excluding hydrogens is 342 g/mol. The van der Waals surface area contributed by atoms with Gasteiger partial charge in [-0.1, -0.05) is 42.8 Å². The highest BCUT2D eigenvalue weighted by Gasteiger charge is 2.23. The maximum atomic E-state index is 6.47. The molecule has 3 heteroatoms. The molecule has 0 heterocycles. The summed E-state index contributed by atoms with van der Waals surface area (Å²) >= 11 is 5.42. The van der Waals surface area contributed by atoms with Gasteiger partial charge < -0.3 is 5.73 Å². The number of nitrogens with two attached hydrogens (primary N) is 1. The molecule has 1 saturated carbocycles. The van der Waals surface area contributed by atoms with E-state index in [1.54, 1.807) is 0 Å². The van der Waals surface area contributed by atoms with Crippen molar-refractivity contribution in [1.82, 2.24) is 0 Å². The van der Waals surface area contributed by atoms with E-state index in [1.165, 1.54) is 35.3 Å². The van der Waals surface area contributed by atoms with Crippen LogP contribution in [0.3, 0.4) is 0 Å². The first kappa shape index (κ1) is 15.1. The van der Waals surface area contributed by atoms with E-state index < -0.39 is 0 Å². The highest BCUT2D eigenvalue weighted by atomic mass is 79.9. The molecule has 0 aromatic heterocycles. The fourth-order valence-corrected chi connectivity index (χ4v) is 4.32. The summed E-state index contributed by atoms with van der Waals surface area (Å²) in [5, 5.41) is 0. The lowest BCUT2D eigenvalue weighted by Crippen LogP contribution is -2.19.